The SMILES string of the molecule is O=C(COc1ccccc1F)NCc1nnnn1-c1ccc(Cl)cc1. The van der Waals surface area contributed by atoms with Crippen LogP contribution in [0, 0.1) is 5.82 Å². The van der Waals surface area contributed by atoms with Crippen molar-refractivity contribution in [2.45, 2.75) is 6.54 Å². The second-order valence-electron chi connectivity index (χ2n) is 4.98. The lowest BCUT2D eigenvalue weighted by Crippen LogP contribution is -2.29. The average Bonchev–Trinajstić information content (AvgIpc) is 3.08. The third-order valence-corrected chi connectivity index (χ3v) is 3.50. The van der Waals surface area contributed by atoms with Crippen LogP contribution in [0.15, 0.2) is 48.5 Å². The molecule has 9 heteroatoms. The van der Waals surface area contributed by atoms with Crippen molar-refractivity contribution in [2.24, 2.45) is 0 Å². The van der Waals surface area contributed by atoms with Gasteiger partial charge in [0, 0.05) is 5.02 Å². The second-order valence-corrected chi connectivity index (χ2v) is 5.42. The van der Waals surface area contributed by atoms with Gasteiger partial charge in [0.15, 0.2) is 24.0 Å². The fourth-order valence-corrected chi connectivity index (χ4v) is 2.16. The summed E-state index contributed by atoms with van der Waals surface area (Å²) in [6.07, 6.45) is 0. The quantitative estimate of drug-likeness (QED) is 0.727. The van der Waals surface area contributed by atoms with Crippen molar-refractivity contribution in [3.63, 3.8) is 0 Å². The largest absolute Gasteiger partial charge is 0.481 e. The predicted octanol–water partition coefficient (Wildman–Crippen LogP) is 2.15. The van der Waals surface area contributed by atoms with E-state index in [1.165, 1.54) is 16.8 Å². The molecule has 0 bridgehead atoms. The van der Waals surface area contributed by atoms with Crippen LogP contribution < -0.4 is 10.1 Å². The molecule has 7 nitrogen and oxygen atoms in total. The van der Waals surface area contributed by atoms with Crippen molar-refractivity contribution < 1.29 is 13.9 Å². The van der Waals surface area contributed by atoms with Crippen LogP contribution in [0.3, 0.4) is 0 Å². The number of rotatable bonds is 6. The molecule has 0 aliphatic carbocycles. The van der Waals surface area contributed by atoms with Gasteiger partial charge in [-0.1, -0.05) is 23.7 Å². The van der Waals surface area contributed by atoms with Gasteiger partial charge in [0.1, 0.15) is 0 Å². The van der Waals surface area contributed by atoms with Crippen molar-refractivity contribution in [3.05, 3.63) is 65.2 Å². The number of aromatic nitrogens is 4. The standard InChI is InChI=1S/C16H13ClFN5O2/c17-11-5-7-12(8-6-11)23-15(20-21-22-23)9-19-16(24)10-25-14-4-2-1-3-13(14)18/h1-8H,9-10H2,(H,19,24). The van der Waals surface area contributed by atoms with Gasteiger partial charge < -0.3 is 10.1 Å². The Labute approximate surface area is 147 Å². The zero-order valence-electron chi connectivity index (χ0n) is 12.9. The Kier molecular flexibility index (Phi) is 5.20. The molecule has 25 heavy (non-hydrogen) atoms. The first-order valence-corrected chi connectivity index (χ1v) is 7.68. The highest BCUT2D eigenvalue weighted by Gasteiger charge is 2.11. The van der Waals surface area contributed by atoms with Crippen LogP contribution in [-0.4, -0.2) is 32.7 Å². The van der Waals surface area contributed by atoms with Gasteiger partial charge in [-0.15, -0.1) is 5.10 Å². The number of halogens is 2. The minimum Gasteiger partial charge on any atom is -0.481 e. The Balaban J connectivity index is 1.57. The molecule has 0 aliphatic heterocycles. The highest BCUT2D eigenvalue weighted by Crippen LogP contribution is 2.15. The Bertz CT molecular complexity index is 869. The summed E-state index contributed by atoms with van der Waals surface area (Å²) in [6, 6.07) is 12.8. The van der Waals surface area contributed by atoms with E-state index in [9.17, 15) is 9.18 Å². The van der Waals surface area contributed by atoms with E-state index < -0.39 is 11.7 Å². The van der Waals surface area contributed by atoms with E-state index in [2.05, 4.69) is 20.8 Å². The molecule has 3 rings (SSSR count). The number of tetrazole rings is 1. The van der Waals surface area contributed by atoms with Crippen molar-refractivity contribution in [1.82, 2.24) is 25.5 Å². The molecule has 128 valence electrons. The zero-order valence-corrected chi connectivity index (χ0v) is 13.7. The van der Waals surface area contributed by atoms with E-state index in [0.717, 1.165) is 0 Å². The molecular formula is C16H13ClFN5O2. The summed E-state index contributed by atoms with van der Waals surface area (Å²) in [7, 11) is 0. The van der Waals surface area contributed by atoms with Gasteiger partial charge in [-0.3, -0.25) is 4.79 Å². The first kappa shape index (κ1) is 16.8. The molecule has 1 N–H and O–H groups in total. The maximum Gasteiger partial charge on any atom is 0.258 e. The Morgan fingerprint density at radius 3 is 2.72 bits per heavy atom. The molecule has 0 fully saturated rings. The van der Waals surface area contributed by atoms with Gasteiger partial charge in [-0.25, -0.2) is 4.39 Å². The molecule has 1 heterocycles. The lowest BCUT2D eigenvalue weighted by molar-refractivity contribution is -0.123. The van der Waals surface area contributed by atoms with Crippen LogP contribution in [0.25, 0.3) is 5.69 Å². The number of carbonyl (C=O) groups is 1. The van der Waals surface area contributed by atoms with Crippen LogP contribution in [0.1, 0.15) is 5.82 Å². The third kappa shape index (κ3) is 4.30. The molecule has 0 saturated carbocycles. The molecular weight excluding hydrogens is 349 g/mol. The summed E-state index contributed by atoms with van der Waals surface area (Å²) in [6.45, 7) is -0.224. The summed E-state index contributed by atoms with van der Waals surface area (Å²) in [5.41, 5.74) is 0.709. The molecule has 0 radical (unpaired) electrons. The monoisotopic (exact) mass is 361 g/mol. The molecule has 2 aromatic carbocycles. The number of nitrogens with zero attached hydrogens (tertiary/aromatic N) is 4. The summed E-state index contributed by atoms with van der Waals surface area (Å²) < 4.78 is 20.0. The predicted molar refractivity (Wildman–Crippen MR) is 87.9 cm³/mol. The molecule has 0 unspecified atom stereocenters. The summed E-state index contributed by atoms with van der Waals surface area (Å²) in [4.78, 5) is 11.9. The number of hydrogen-bond donors (Lipinski definition) is 1. The zero-order chi connectivity index (χ0) is 17.6. The van der Waals surface area contributed by atoms with Crippen molar-refractivity contribution in [2.75, 3.05) is 6.61 Å². The molecule has 0 aliphatic rings. The van der Waals surface area contributed by atoms with Crippen molar-refractivity contribution >= 4 is 17.5 Å². The Morgan fingerprint density at radius 2 is 1.96 bits per heavy atom. The van der Waals surface area contributed by atoms with E-state index in [4.69, 9.17) is 16.3 Å². The molecule has 0 saturated heterocycles. The lowest BCUT2D eigenvalue weighted by atomic mass is 10.3. The molecule has 0 atom stereocenters. The number of hydrogen-bond acceptors (Lipinski definition) is 5. The number of nitrogens with one attached hydrogen (secondary N) is 1. The molecule has 3 aromatic rings. The Hall–Kier alpha value is -3.00. The van der Waals surface area contributed by atoms with E-state index in [1.54, 1.807) is 36.4 Å². The maximum atomic E-state index is 13.4. The van der Waals surface area contributed by atoms with E-state index in [0.29, 0.717) is 16.5 Å². The maximum absolute atomic E-state index is 13.4. The highest BCUT2D eigenvalue weighted by molar-refractivity contribution is 6.30. The molecule has 1 amide bonds. The number of ether oxygens (including phenoxy) is 1. The summed E-state index contributed by atoms with van der Waals surface area (Å²) >= 11 is 5.85. The normalized spacial score (nSPS) is 10.5. The number of amides is 1. The molecule has 0 spiro atoms. The van der Waals surface area contributed by atoms with Crippen LogP contribution in [-0.2, 0) is 11.3 Å². The smallest absolute Gasteiger partial charge is 0.258 e. The molecule has 1 aromatic heterocycles. The van der Waals surface area contributed by atoms with Gasteiger partial charge in [0.2, 0.25) is 0 Å². The first-order chi connectivity index (χ1) is 12.1. The van der Waals surface area contributed by atoms with E-state index in [-0.39, 0.29) is 18.9 Å². The van der Waals surface area contributed by atoms with Gasteiger partial charge in [-0.05, 0) is 46.8 Å². The van der Waals surface area contributed by atoms with E-state index >= 15 is 0 Å². The van der Waals surface area contributed by atoms with Crippen molar-refractivity contribution in [1.29, 1.82) is 0 Å². The third-order valence-electron chi connectivity index (χ3n) is 3.24. The van der Waals surface area contributed by atoms with Gasteiger partial charge in [0.05, 0.1) is 12.2 Å². The van der Waals surface area contributed by atoms with Crippen LogP contribution in [0.5, 0.6) is 5.75 Å². The van der Waals surface area contributed by atoms with Crippen LogP contribution >= 0.6 is 11.6 Å². The fraction of sp³-hybridized carbons (Fsp3) is 0.125. The van der Waals surface area contributed by atoms with E-state index in [1.807, 2.05) is 0 Å². The minimum absolute atomic E-state index is 0.0173. The topological polar surface area (TPSA) is 81.9 Å². The van der Waals surface area contributed by atoms with Crippen molar-refractivity contribution in [3.8, 4) is 11.4 Å². The summed E-state index contributed by atoms with van der Waals surface area (Å²) in [5.74, 6) is -0.499. The highest BCUT2D eigenvalue weighted by atomic mass is 35.5. The van der Waals surface area contributed by atoms with Crippen LogP contribution in [0.2, 0.25) is 5.02 Å². The second kappa shape index (κ2) is 7.71. The van der Waals surface area contributed by atoms with Gasteiger partial charge >= 0.3 is 0 Å². The first-order valence-electron chi connectivity index (χ1n) is 7.31. The Morgan fingerprint density at radius 1 is 1.20 bits per heavy atom. The number of carbonyl (C=O) groups excluding carboxylic acids is 1. The lowest BCUT2D eigenvalue weighted by Gasteiger charge is -2.08. The average molecular weight is 362 g/mol. The minimum atomic E-state index is -0.526. The fourth-order valence-electron chi connectivity index (χ4n) is 2.03. The number of benzene rings is 2. The number of para-hydroxylation sites is 1. The van der Waals surface area contributed by atoms with Gasteiger partial charge in [-0.2, -0.15) is 4.68 Å². The van der Waals surface area contributed by atoms with Gasteiger partial charge in [0.25, 0.3) is 5.91 Å². The summed E-state index contributed by atoms with van der Waals surface area (Å²) in [5, 5.41) is 14.6. The van der Waals surface area contributed by atoms with Crippen LogP contribution in [0.4, 0.5) is 4.39 Å².